The Hall–Kier alpha value is -1.89. The van der Waals surface area contributed by atoms with E-state index in [2.05, 4.69) is 25.5 Å². The topological polar surface area (TPSA) is 70.2 Å². The van der Waals surface area contributed by atoms with Gasteiger partial charge in [-0.3, -0.25) is 4.79 Å². The number of hydrogen-bond donors (Lipinski definition) is 2. The average Bonchev–Trinajstić information content (AvgIpc) is 2.56. The van der Waals surface area contributed by atoms with Gasteiger partial charge in [-0.05, 0) is 39.2 Å². The number of amides is 1. The van der Waals surface area contributed by atoms with Crippen LogP contribution >= 0.6 is 23.2 Å². The van der Waals surface area contributed by atoms with E-state index in [9.17, 15) is 4.79 Å². The molecule has 2 aromatic rings. The van der Waals surface area contributed by atoms with E-state index in [1.165, 1.54) is 12.4 Å². The van der Waals surface area contributed by atoms with Gasteiger partial charge in [0.25, 0.3) is 5.91 Å². The van der Waals surface area contributed by atoms with Crippen LogP contribution in [-0.4, -0.2) is 48.0 Å². The van der Waals surface area contributed by atoms with Gasteiger partial charge < -0.3 is 15.5 Å². The summed E-state index contributed by atoms with van der Waals surface area (Å²) < 4.78 is 0. The lowest BCUT2D eigenvalue weighted by Crippen LogP contribution is -2.17. The van der Waals surface area contributed by atoms with Crippen LogP contribution in [0.3, 0.4) is 0 Å². The molecular weight excluding hydrogens is 349 g/mol. The van der Waals surface area contributed by atoms with Crippen molar-refractivity contribution in [2.45, 2.75) is 6.42 Å². The second kappa shape index (κ2) is 8.82. The third-order valence-electron chi connectivity index (χ3n) is 3.18. The first-order chi connectivity index (χ1) is 11.5. The summed E-state index contributed by atoms with van der Waals surface area (Å²) in [6, 6.07) is 5.04. The molecule has 0 fully saturated rings. The summed E-state index contributed by atoms with van der Waals surface area (Å²) >= 11 is 12.0. The van der Waals surface area contributed by atoms with Crippen LogP contribution in [0.25, 0.3) is 0 Å². The maximum absolute atomic E-state index is 12.2. The molecule has 0 spiro atoms. The first kappa shape index (κ1) is 18.4. The Bertz CT molecular complexity index is 691. The number of halogens is 2. The molecule has 0 radical (unpaired) electrons. The van der Waals surface area contributed by atoms with E-state index in [1.54, 1.807) is 18.2 Å². The summed E-state index contributed by atoms with van der Waals surface area (Å²) in [5.41, 5.74) is 0.782. The minimum atomic E-state index is -0.349. The van der Waals surface area contributed by atoms with Crippen molar-refractivity contribution in [3.63, 3.8) is 0 Å². The molecule has 1 aromatic heterocycles. The molecule has 8 heteroatoms. The molecule has 0 saturated heterocycles. The van der Waals surface area contributed by atoms with Crippen LogP contribution in [0.4, 0.5) is 11.6 Å². The fraction of sp³-hybridized carbons (Fsp3) is 0.312. The molecular formula is C16H19Cl2N5O. The summed E-state index contributed by atoms with van der Waals surface area (Å²) in [4.78, 5) is 22.6. The van der Waals surface area contributed by atoms with Gasteiger partial charge in [-0.25, -0.2) is 9.97 Å². The molecule has 0 aliphatic carbocycles. The van der Waals surface area contributed by atoms with E-state index in [0.717, 1.165) is 19.5 Å². The lowest BCUT2D eigenvalue weighted by atomic mass is 10.2. The average molecular weight is 368 g/mol. The largest absolute Gasteiger partial charge is 0.354 e. The minimum absolute atomic E-state index is 0.299. The molecule has 0 bridgehead atoms. The van der Waals surface area contributed by atoms with E-state index in [0.29, 0.717) is 27.2 Å². The number of anilines is 2. The van der Waals surface area contributed by atoms with Gasteiger partial charge in [0, 0.05) is 18.9 Å². The predicted molar refractivity (Wildman–Crippen MR) is 98.1 cm³/mol. The number of nitrogens with zero attached hydrogens (tertiary/aromatic N) is 3. The summed E-state index contributed by atoms with van der Waals surface area (Å²) in [6.07, 6.45) is 3.91. The van der Waals surface area contributed by atoms with Crippen LogP contribution in [-0.2, 0) is 0 Å². The molecule has 0 saturated carbocycles. The molecule has 1 amide bonds. The first-order valence-corrected chi connectivity index (χ1v) is 8.19. The van der Waals surface area contributed by atoms with E-state index < -0.39 is 0 Å². The third-order valence-corrected chi connectivity index (χ3v) is 4.00. The van der Waals surface area contributed by atoms with Crippen LogP contribution < -0.4 is 10.6 Å². The van der Waals surface area contributed by atoms with Gasteiger partial charge in [-0.1, -0.05) is 29.3 Å². The molecule has 128 valence electrons. The zero-order valence-corrected chi connectivity index (χ0v) is 15.0. The van der Waals surface area contributed by atoms with Crippen molar-refractivity contribution in [3.05, 3.63) is 46.2 Å². The molecule has 6 nitrogen and oxygen atoms in total. The van der Waals surface area contributed by atoms with Crippen molar-refractivity contribution in [2.24, 2.45) is 0 Å². The second-order valence-corrected chi connectivity index (χ2v) is 6.22. The molecule has 0 atom stereocenters. The van der Waals surface area contributed by atoms with Crippen molar-refractivity contribution in [2.75, 3.05) is 37.8 Å². The van der Waals surface area contributed by atoms with E-state index >= 15 is 0 Å². The number of nitrogens with one attached hydrogen (secondary N) is 2. The number of aromatic nitrogens is 2. The maximum Gasteiger partial charge on any atom is 0.258 e. The Kier molecular flexibility index (Phi) is 6.78. The highest BCUT2D eigenvalue weighted by Gasteiger charge is 2.11. The Morgan fingerprint density at radius 3 is 2.58 bits per heavy atom. The standard InChI is InChI=1S/C16H19Cl2N5O/c1-23(2)8-4-7-19-16-20-9-11(10-21-16)15(24)22-13-6-3-5-12(17)14(13)18/h3,5-6,9-10H,4,7-8H2,1-2H3,(H,22,24)(H,19,20,21). The Morgan fingerprint density at radius 2 is 1.92 bits per heavy atom. The summed E-state index contributed by atoms with van der Waals surface area (Å²) in [7, 11) is 4.05. The van der Waals surface area contributed by atoms with Gasteiger partial charge in [0.15, 0.2) is 0 Å². The summed E-state index contributed by atoms with van der Waals surface area (Å²) in [5.74, 6) is 0.143. The van der Waals surface area contributed by atoms with E-state index in [-0.39, 0.29) is 5.91 Å². The van der Waals surface area contributed by atoms with Gasteiger partial charge in [0.05, 0.1) is 21.3 Å². The van der Waals surface area contributed by atoms with Crippen molar-refractivity contribution < 1.29 is 4.79 Å². The zero-order valence-electron chi connectivity index (χ0n) is 13.5. The molecule has 0 unspecified atom stereocenters. The van der Waals surface area contributed by atoms with Gasteiger partial charge >= 0.3 is 0 Å². The van der Waals surface area contributed by atoms with E-state index in [1.807, 2.05) is 14.1 Å². The predicted octanol–water partition coefficient (Wildman–Crippen LogP) is 3.40. The SMILES string of the molecule is CN(C)CCCNc1ncc(C(=O)Nc2cccc(Cl)c2Cl)cn1. The Labute approximate surface area is 151 Å². The smallest absolute Gasteiger partial charge is 0.258 e. The number of rotatable bonds is 7. The van der Waals surface area contributed by atoms with Crippen LogP contribution in [0.15, 0.2) is 30.6 Å². The van der Waals surface area contributed by atoms with Gasteiger partial charge in [-0.2, -0.15) is 0 Å². The van der Waals surface area contributed by atoms with Crippen LogP contribution in [0, 0.1) is 0 Å². The molecule has 2 rings (SSSR count). The van der Waals surface area contributed by atoms with Crippen molar-refractivity contribution in [1.82, 2.24) is 14.9 Å². The normalized spacial score (nSPS) is 10.7. The highest BCUT2D eigenvalue weighted by molar-refractivity contribution is 6.44. The Balaban J connectivity index is 1.92. The molecule has 0 aliphatic heterocycles. The van der Waals surface area contributed by atoms with Crippen molar-refractivity contribution >= 4 is 40.7 Å². The third kappa shape index (κ3) is 5.33. The fourth-order valence-corrected chi connectivity index (χ4v) is 2.27. The minimum Gasteiger partial charge on any atom is -0.354 e. The number of benzene rings is 1. The molecule has 1 heterocycles. The van der Waals surface area contributed by atoms with Crippen molar-refractivity contribution in [3.8, 4) is 0 Å². The maximum atomic E-state index is 12.2. The number of carbonyl (C=O) groups is 1. The van der Waals surface area contributed by atoms with Gasteiger partial charge in [0.2, 0.25) is 5.95 Å². The highest BCUT2D eigenvalue weighted by atomic mass is 35.5. The van der Waals surface area contributed by atoms with Crippen LogP contribution in [0.1, 0.15) is 16.8 Å². The molecule has 24 heavy (non-hydrogen) atoms. The van der Waals surface area contributed by atoms with E-state index in [4.69, 9.17) is 23.2 Å². The van der Waals surface area contributed by atoms with Crippen LogP contribution in [0.2, 0.25) is 10.0 Å². The first-order valence-electron chi connectivity index (χ1n) is 7.43. The fourth-order valence-electron chi connectivity index (χ4n) is 1.93. The molecule has 1 aromatic carbocycles. The summed E-state index contributed by atoms with van der Waals surface area (Å²) in [5, 5.41) is 6.48. The lowest BCUT2D eigenvalue weighted by molar-refractivity contribution is 0.102. The van der Waals surface area contributed by atoms with Crippen molar-refractivity contribution in [1.29, 1.82) is 0 Å². The van der Waals surface area contributed by atoms with Crippen LogP contribution in [0.5, 0.6) is 0 Å². The number of hydrogen-bond acceptors (Lipinski definition) is 5. The highest BCUT2D eigenvalue weighted by Crippen LogP contribution is 2.29. The van der Waals surface area contributed by atoms with Gasteiger partial charge in [-0.15, -0.1) is 0 Å². The monoisotopic (exact) mass is 367 g/mol. The molecule has 2 N–H and O–H groups in total. The molecule has 0 aliphatic rings. The summed E-state index contributed by atoms with van der Waals surface area (Å²) in [6.45, 7) is 1.75. The van der Waals surface area contributed by atoms with Gasteiger partial charge in [0.1, 0.15) is 0 Å². The quantitative estimate of drug-likeness (QED) is 0.733. The Morgan fingerprint density at radius 1 is 1.21 bits per heavy atom. The second-order valence-electron chi connectivity index (χ2n) is 5.43. The lowest BCUT2D eigenvalue weighted by Gasteiger charge is -2.10. The zero-order chi connectivity index (χ0) is 17.5. The number of carbonyl (C=O) groups excluding carboxylic acids is 1.